The first-order valence-corrected chi connectivity index (χ1v) is 9.29. The minimum absolute atomic E-state index is 0.158. The summed E-state index contributed by atoms with van der Waals surface area (Å²) in [7, 11) is 0. The number of nitrogens with one attached hydrogen (secondary N) is 1. The largest absolute Gasteiger partial charge is 0.460 e. The summed E-state index contributed by atoms with van der Waals surface area (Å²) < 4.78 is 19.5. The van der Waals surface area contributed by atoms with Gasteiger partial charge in [-0.1, -0.05) is 26.0 Å². The number of allylic oxidation sites excluding steroid dienone is 3. The molecule has 1 heterocycles. The van der Waals surface area contributed by atoms with Gasteiger partial charge in [0.15, 0.2) is 0 Å². The van der Waals surface area contributed by atoms with E-state index < -0.39 is 17.3 Å². The Balaban J connectivity index is 2.21. The highest BCUT2D eigenvalue weighted by atomic mass is 19.1. The molecule has 1 aliphatic heterocycles. The van der Waals surface area contributed by atoms with Crippen LogP contribution in [0.2, 0.25) is 0 Å². The maximum absolute atomic E-state index is 14.0. The summed E-state index contributed by atoms with van der Waals surface area (Å²) in [6.45, 7) is 9.40. The standard InChI is InChI=1S/C22H26FNO3/c1-12(2)27-21(26)18-13(3)24-17-10-16(25)11-22(4,5)20(17)19(18)14-7-6-8-15(23)9-14/h6-9,12,19,24H,10-11H2,1-5H3. The second kappa shape index (κ2) is 6.95. The Kier molecular flexibility index (Phi) is 4.98. The Hall–Kier alpha value is -2.43. The van der Waals surface area contributed by atoms with Crippen molar-refractivity contribution in [1.82, 2.24) is 5.32 Å². The van der Waals surface area contributed by atoms with Gasteiger partial charge in [-0.15, -0.1) is 0 Å². The van der Waals surface area contributed by atoms with Gasteiger partial charge < -0.3 is 10.1 Å². The van der Waals surface area contributed by atoms with E-state index in [1.165, 1.54) is 12.1 Å². The van der Waals surface area contributed by atoms with Gasteiger partial charge in [-0.25, -0.2) is 9.18 Å². The molecule has 0 saturated carbocycles. The summed E-state index contributed by atoms with van der Waals surface area (Å²) in [5.41, 5.74) is 3.17. The number of rotatable bonds is 3. The van der Waals surface area contributed by atoms with Gasteiger partial charge in [0.25, 0.3) is 0 Å². The van der Waals surface area contributed by atoms with Crippen LogP contribution in [0.4, 0.5) is 4.39 Å². The Morgan fingerprint density at radius 1 is 1.33 bits per heavy atom. The zero-order valence-electron chi connectivity index (χ0n) is 16.5. The summed E-state index contributed by atoms with van der Waals surface area (Å²) >= 11 is 0. The lowest BCUT2D eigenvalue weighted by molar-refractivity contribution is -0.143. The van der Waals surface area contributed by atoms with Crippen LogP contribution in [-0.4, -0.2) is 17.9 Å². The van der Waals surface area contributed by atoms with Crippen molar-refractivity contribution in [2.24, 2.45) is 5.41 Å². The van der Waals surface area contributed by atoms with Crippen LogP contribution < -0.4 is 5.32 Å². The summed E-state index contributed by atoms with van der Waals surface area (Å²) in [5.74, 6) is -1.05. The van der Waals surface area contributed by atoms with Gasteiger partial charge in [-0.3, -0.25) is 4.79 Å². The van der Waals surface area contributed by atoms with Crippen LogP contribution in [0, 0.1) is 11.2 Å². The van der Waals surface area contributed by atoms with E-state index in [1.807, 2.05) is 19.9 Å². The van der Waals surface area contributed by atoms with Crippen LogP contribution in [-0.2, 0) is 14.3 Å². The van der Waals surface area contributed by atoms with Crippen molar-refractivity contribution in [1.29, 1.82) is 0 Å². The second-order valence-corrected chi connectivity index (χ2v) is 8.27. The minimum atomic E-state index is -0.446. The number of ether oxygens (including phenoxy) is 1. The molecule has 144 valence electrons. The fraction of sp³-hybridized carbons (Fsp3) is 0.455. The lowest BCUT2D eigenvalue weighted by Crippen LogP contribution is -2.40. The van der Waals surface area contributed by atoms with Crippen molar-refractivity contribution in [2.45, 2.75) is 59.5 Å². The number of benzene rings is 1. The highest BCUT2D eigenvalue weighted by Crippen LogP contribution is 2.51. The van der Waals surface area contributed by atoms with Gasteiger partial charge in [0.2, 0.25) is 0 Å². The molecule has 0 radical (unpaired) electrons. The van der Waals surface area contributed by atoms with Crippen LogP contribution in [0.5, 0.6) is 0 Å². The zero-order chi connectivity index (χ0) is 19.9. The van der Waals surface area contributed by atoms with Crippen LogP contribution >= 0.6 is 0 Å². The molecule has 1 aromatic rings. The molecule has 0 bridgehead atoms. The molecule has 3 rings (SSSR count). The number of dihydropyridines is 1. The first kappa shape index (κ1) is 19.3. The van der Waals surface area contributed by atoms with Crippen molar-refractivity contribution in [3.8, 4) is 0 Å². The van der Waals surface area contributed by atoms with Crippen molar-refractivity contribution in [2.75, 3.05) is 0 Å². The maximum Gasteiger partial charge on any atom is 0.336 e. The number of Topliss-reactive ketones (excluding diaryl/α,β-unsaturated/α-hetero) is 1. The molecule has 0 aromatic heterocycles. The minimum Gasteiger partial charge on any atom is -0.460 e. The Labute approximate surface area is 159 Å². The van der Waals surface area contributed by atoms with Gasteiger partial charge in [-0.2, -0.15) is 0 Å². The smallest absolute Gasteiger partial charge is 0.336 e. The Bertz CT molecular complexity index is 864. The van der Waals surface area contributed by atoms with Crippen LogP contribution in [0.25, 0.3) is 0 Å². The highest BCUT2D eigenvalue weighted by molar-refractivity contribution is 5.94. The van der Waals surface area contributed by atoms with E-state index in [9.17, 15) is 14.0 Å². The molecular formula is C22H26FNO3. The molecule has 1 aromatic carbocycles. The van der Waals surface area contributed by atoms with Crippen molar-refractivity contribution >= 4 is 11.8 Å². The predicted octanol–water partition coefficient (Wildman–Crippen LogP) is 4.38. The van der Waals surface area contributed by atoms with Crippen LogP contribution in [0.3, 0.4) is 0 Å². The highest BCUT2D eigenvalue weighted by Gasteiger charge is 2.44. The molecule has 4 nitrogen and oxygen atoms in total. The van der Waals surface area contributed by atoms with Gasteiger partial charge in [0.1, 0.15) is 11.6 Å². The Morgan fingerprint density at radius 2 is 2.04 bits per heavy atom. The van der Waals surface area contributed by atoms with E-state index in [-0.39, 0.29) is 17.7 Å². The SMILES string of the molecule is CC1=C(C(=O)OC(C)C)C(c2cccc(F)c2)C2=C(CC(=O)CC2(C)C)N1. The van der Waals surface area contributed by atoms with Crippen molar-refractivity contribution < 1.29 is 18.7 Å². The lowest BCUT2D eigenvalue weighted by Gasteiger charge is -2.43. The molecule has 0 spiro atoms. The average molecular weight is 371 g/mol. The number of ketones is 1. The van der Waals surface area contributed by atoms with Crippen molar-refractivity contribution in [3.05, 3.63) is 58.2 Å². The van der Waals surface area contributed by atoms with Crippen LogP contribution in [0.15, 0.2) is 46.8 Å². The third-order valence-electron chi connectivity index (χ3n) is 5.13. The van der Waals surface area contributed by atoms with Gasteiger partial charge in [0, 0.05) is 30.2 Å². The summed E-state index contributed by atoms with van der Waals surface area (Å²) in [6.07, 6.45) is 0.432. The second-order valence-electron chi connectivity index (χ2n) is 8.27. The summed E-state index contributed by atoms with van der Waals surface area (Å²) in [6, 6.07) is 6.32. The first-order chi connectivity index (χ1) is 12.6. The number of esters is 1. The summed E-state index contributed by atoms with van der Waals surface area (Å²) in [4.78, 5) is 25.2. The fourth-order valence-corrected chi connectivity index (χ4v) is 4.25. The molecule has 27 heavy (non-hydrogen) atoms. The number of carbonyl (C=O) groups is 2. The molecule has 0 saturated heterocycles. The quantitative estimate of drug-likeness (QED) is 0.801. The third kappa shape index (κ3) is 3.68. The average Bonchev–Trinajstić information content (AvgIpc) is 2.51. The lowest BCUT2D eigenvalue weighted by atomic mass is 9.64. The van der Waals surface area contributed by atoms with E-state index in [0.29, 0.717) is 29.7 Å². The molecule has 1 unspecified atom stereocenters. The molecule has 1 atom stereocenters. The van der Waals surface area contributed by atoms with E-state index in [4.69, 9.17) is 4.74 Å². The fourth-order valence-electron chi connectivity index (χ4n) is 4.25. The van der Waals surface area contributed by atoms with E-state index >= 15 is 0 Å². The molecule has 5 heteroatoms. The number of carbonyl (C=O) groups excluding carboxylic acids is 2. The molecular weight excluding hydrogens is 345 g/mol. The molecule has 0 amide bonds. The maximum atomic E-state index is 14.0. The first-order valence-electron chi connectivity index (χ1n) is 9.29. The zero-order valence-corrected chi connectivity index (χ0v) is 16.5. The topological polar surface area (TPSA) is 55.4 Å². The number of hydrogen-bond acceptors (Lipinski definition) is 4. The third-order valence-corrected chi connectivity index (χ3v) is 5.13. The number of hydrogen-bond donors (Lipinski definition) is 1. The number of halogens is 1. The van der Waals surface area contributed by atoms with Gasteiger partial charge in [0.05, 0.1) is 11.7 Å². The molecule has 1 N–H and O–H groups in total. The van der Waals surface area contributed by atoms with E-state index in [2.05, 4.69) is 5.32 Å². The van der Waals surface area contributed by atoms with E-state index in [1.54, 1.807) is 26.8 Å². The molecule has 2 aliphatic rings. The normalized spacial score (nSPS) is 21.9. The van der Waals surface area contributed by atoms with Gasteiger partial charge >= 0.3 is 5.97 Å². The Morgan fingerprint density at radius 3 is 2.67 bits per heavy atom. The predicted molar refractivity (Wildman–Crippen MR) is 101 cm³/mol. The molecule has 1 aliphatic carbocycles. The van der Waals surface area contributed by atoms with Gasteiger partial charge in [-0.05, 0) is 49.5 Å². The van der Waals surface area contributed by atoms with Crippen LogP contribution in [0.1, 0.15) is 58.9 Å². The molecule has 0 fully saturated rings. The van der Waals surface area contributed by atoms with E-state index in [0.717, 1.165) is 11.3 Å². The summed E-state index contributed by atoms with van der Waals surface area (Å²) in [5, 5.41) is 3.27. The van der Waals surface area contributed by atoms with Crippen molar-refractivity contribution in [3.63, 3.8) is 0 Å². The monoisotopic (exact) mass is 371 g/mol.